The van der Waals surface area contributed by atoms with Crippen molar-refractivity contribution in [3.8, 4) is 0 Å². The van der Waals surface area contributed by atoms with Crippen molar-refractivity contribution in [3.05, 3.63) is 29.6 Å². The van der Waals surface area contributed by atoms with Crippen LogP contribution in [0.25, 0.3) is 0 Å². The second kappa shape index (κ2) is 4.35. The molecule has 0 spiro atoms. The van der Waals surface area contributed by atoms with Crippen LogP contribution in [0.1, 0.15) is 24.2 Å². The monoisotopic (exact) mass is 180 g/mol. The molecule has 3 N–H and O–H groups in total. The van der Waals surface area contributed by atoms with Gasteiger partial charge in [0.05, 0.1) is 6.10 Å². The Morgan fingerprint density at radius 2 is 2.31 bits per heavy atom. The van der Waals surface area contributed by atoms with Crippen LogP contribution >= 0.6 is 0 Å². The summed E-state index contributed by atoms with van der Waals surface area (Å²) in [5.41, 5.74) is 7.42. The zero-order valence-corrected chi connectivity index (χ0v) is 8.07. The van der Waals surface area contributed by atoms with Crippen LogP contribution in [0.3, 0.4) is 0 Å². The largest absolute Gasteiger partial charge is 0.388 e. The molecule has 3 heteroatoms. The molecule has 13 heavy (non-hydrogen) atoms. The van der Waals surface area contributed by atoms with E-state index < -0.39 is 6.10 Å². The lowest BCUT2D eigenvalue weighted by Crippen LogP contribution is -2.19. The molecule has 1 heterocycles. The number of aromatic nitrogens is 1. The Balaban J connectivity index is 2.88. The fourth-order valence-electron chi connectivity index (χ4n) is 1.25. The fraction of sp³-hybridized carbons (Fsp3) is 0.500. The Labute approximate surface area is 78.6 Å². The molecule has 0 aliphatic rings. The Hall–Kier alpha value is -0.930. The van der Waals surface area contributed by atoms with Gasteiger partial charge in [-0.2, -0.15) is 0 Å². The van der Waals surface area contributed by atoms with E-state index in [-0.39, 0.29) is 5.92 Å². The molecule has 0 fully saturated rings. The standard InChI is InChI=1S/C10H16N2O/c1-7(5-11)10(13)9-3-4-12-6-8(9)2/h3-4,6-7,10,13H,5,11H2,1-2H3. The van der Waals surface area contributed by atoms with Gasteiger partial charge in [-0.1, -0.05) is 6.92 Å². The maximum absolute atomic E-state index is 9.86. The minimum atomic E-state index is -0.479. The number of aliphatic hydroxyl groups excluding tert-OH is 1. The first-order valence-corrected chi connectivity index (χ1v) is 4.45. The van der Waals surface area contributed by atoms with Gasteiger partial charge in [0.15, 0.2) is 0 Å². The number of nitrogens with two attached hydrogens (primary N) is 1. The minimum absolute atomic E-state index is 0.0844. The molecule has 0 saturated carbocycles. The third-order valence-corrected chi connectivity index (χ3v) is 2.29. The first kappa shape index (κ1) is 10.2. The smallest absolute Gasteiger partial charge is 0.0831 e. The van der Waals surface area contributed by atoms with Crippen molar-refractivity contribution >= 4 is 0 Å². The maximum Gasteiger partial charge on any atom is 0.0831 e. The Morgan fingerprint density at radius 1 is 1.62 bits per heavy atom. The van der Waals surface area contributed by atoms with E-state index in [2.05, 4.69) is 4.98 Å². The average Bonchev–Trinajstić information content (AvgIpc) is 2.16. The van der Waals surface area contributed by atoms with E-state index in [0.717, 1.165) is 11.1 Å². The molecule has 0 amide bonds. The van der Waals surface area contributed by atoms with Crippen LogP contribution in [0.4, 0.5) is 0 Å². The van der Waals surface area contributed by atoms with Gasteiger partial charge in [0, 0.05) is 12.4 Å². The molecule has 0 radical (unpaired) electrons. The zero-order valence-electron chi connectivity index (χ0n) is 8.07. The van der Waals surface area contributed by atoms with Crippen LogP contribution in [-0.4, -0.2) is 16.6 Å². The van der Waals surface area contributed by atoms with E-state index in [0.29, 0.717) is 6.54 Å². The summed E-state index contributed by atoms with van der Waals surface area (Å²) in [5.74, 6) is 0.0844. The molecule has 2 unspecified atom stereocenters. The molecule has 0 aliphatic carbocycles. The quantitative estimate of drug-likeness (QED) is 0.730. The predicted octanol–water partition coefficient (Wildman–Crippen LogP) is 1.02. The summed E-state index contributed by atoms with van der Waals surface area (Å²) in [5, 5.41) is 9.86. The highest BCUT2D eigenvalue weighted by atomic mass is 16.3. The highest BCUT2D eigenvalue weighted by molar-refractivity contribution is 5.24. The predicted molar refractivity (Wildman–Crippen MR) is 52.2 cm³/mol. The van der Waals surface area contributed by atoms with E-state index in [1.807, 2.05) is 19.9 Å². The Morgan fingerprint density at radius 3 is 2.85 bits per heavy atom. The lowest BCUT2D eigenvalue weighted by atomic mass is 9.95. The fourth-order valence-corrected chi connectivity index (χ4v) is 1.25. The zero-order chi connectivity index (χ0) is 9.84. The van der Waals surface area contributed by atoms with Crippen LogP contribution in [0, 0.1) is 12.8 Å². The van der Waals surface area contributed by atoms with Gasteiger partial charge in [-0.15, -0.1) is 0 Å². The summed E-state index contributed by atoms with van der Waals surface area (Å²) in [7, 11) is 0. The van der Waals surface area contributed by atoms with E-state index >= 15 is 0 Å². The molecular formula is C10H16N2O. The van der Waals surface area contributed by atoms with Gasteiger partial charge in [-0.25, -0.2) is 0 Å². The second-order valence-corrected chi connectivity index (χ2v) is 3.39. The van der Waals surface area contributed by atoms with Gasteiger partial charge in [0.2, 0.25) is 0 Å². The molecule has 0 aromatic carbocycles. The van der Waals surface area contributed by atoms with E-state index in [9.17, 15) is 5.11 Å². The number of hydrogen-bond acceptors (Lipinski definition) is 3. The molecule has 0 saturated heterocycles. The number of aryl methyl sites for hydroxylation is 1. The van der Waals surface area contributed by atoms with Crippen molar-refractivity contribution in [2.75, 3.05) is 6.54 Å². The highest BCUT2D eigenvalue weighted by Gasteiger charge is 2.16. The van der Waals surface area contributed by atoms with Crippen LogP contribution in [0.2, 0.25) is 0 Å². The van der Waals surface area contributed by atoms with Crippen LogP contribution in [-0.2, 0) is 0 Å². The third-order valence-electron chi connectivity index (χ3n) is 2.29. The lowest BCUT2D eigenvalue weighted by Gasteiger charge is -2.18. The number of hydrogen-bond donors (Lipinski definition) is 2. The number of nitrogens with zero attached hydrogens (tertiary/aromatic N) is 1. The topological polar surface area (TPSA) is 59.1 Å². The third kappa shape index (κ3) is 2.26. The molecule has 0 aliphatic heterocycles. The van der Waals surface area contributed by atoms with Gasteiger partial charge in [-0.05, 0) is 36.6 Å². The SMILES string of the molecule is Cc1cnccc1C(O)C(C)CN. The van der Waals surface area contributed by atoms with E-state index in [1.54, 1.807) is 12.4 Å². The van der Waals surface area contributed by atoms with Crippen LogP contribution in [0.5, 0.6) is 0 Å². The van der Waals surface area contributed by atoms with Crippen molar-refractivity contribution in [1.82, 2.24) is 4.98 Å². The first-order valence-electron chi connectivity index (χ1n) is 4.45. The summed E-state index contributed by atoms with van der Waals surface area (Å²) >= 11 is 0. The molecule has 1 aromatic heterocycles. The van der Waals surface area contributed by atoms with Crippen LogP contribution in [0.15, 0.2) is 18.5 Å². The van der Waals surface area contributed by atoms with Gasteiger partial charge >= 0.3 is 0 Å². The van der Waals surface area contributed by atoms with Gasteiger partial charge in [0.1, 0.15) is 0 Å². The summed E-state index contributed by atoms with van der Waals surface area (Å²) < 4.78 is 0. The van der Waals surface area contributed by atoms with E-state index in [1.165, 1.54) is 0 Å². The lowest BCUT2D eigenvalue weighted by molar-refractivity contribution is 0.121. The van der Waals surface area contributed by atoms with Crippen molar-refractivity contribution in [3.63, 3.8) is 0 Å². The van der Waals surface area contributed by atoms with Crippen molar-refractivity contribution in [2.24, 2.45) is 11.7 Å². The molecule has 2 atom stereocenters. The normalized spacial score (nSPS) is 15.4. The number of aliphatic hydroxyl groups is 1. The number of pyridine rings is 1. The Kier molecular flexibility index (Phi) is 3.39. The summed E-state index contributed by atoms with van der Waals surface area (Å²) in [6, 6.07) is 1.84. The number of rotatable bonds is 3. The second-order valence-electron chi connectivity index (χ2n) is 3.39. The summed E-state index contributed by atoms with van der Waals surface area (Å²) in [6.45, 7) is 4.36. The van der Waals surface area contributed by atoms with Gasteiger partial charge < -0.3 is 10.8 Å². The van der Waals surface area contributed by atoms with E-state index in [4.69, 9.17) is 5.73 Å². The molecule has 72 valence electrons. The molecular weight excluding hydrogens is 164 g/mol. The molecule has 1 rings (SSSR count). The maximum atomic E-state index is 9.86. The average molecular weight is 180 g/mol. The van der Waals surface area contributed by atoms with Crippen molar-refractivity contribution in [2.45, 2.75) is 20.0 Å². The highest BCUT2D eigenvalue weighted by Crippen LogP contribution is 2.22. The Bertz CT molecular complexity index is 275. The van der Waals surface area contributed by atoms with Gasteiger partial charge in [-0.3, -0.25) is 4.98 Å². The summed E-state index contributed by atoms with van der Waals surface area (Å²) in [4.78, 5) is 3.97. The molecule has 1 aromatic rings. The molecule has 3 nitrogen and oxygen atoms in total. The van der Waals surface area contributed by atoms with Gasteiger partial charge in [0.25, 0.3) is 0 Å². The van der Waals surface area contributed by atoms with Crippen LogP contribution < -0.4 is 5.73 Å². The molecule has 0 bridgehead atoms. The minimum Gasteiger partial charge on any atom is -0.388 e. The van der Waals surface area contributed by atoms with Crippen molar-refractivity contribution < 1.29 is 5.11 Å². The first-order chi connectivity index (χ1) is 6.16. The van der Waals surface area contributed by atoms with Crippen molar-refractivity contribution in [1.29, 1.82) is 0 Å². The summed E-state index contributed by atoms with van der Waals surface area (Å²) in [6.07, 6.45) is 2.96.